The molecule has 1 aliphatic rings. The average Bonchev–Trinajstić information content (AvgIpc) is 3.00. The topological polar surface area (TPSA) is 90.2 Å². The lowest BCUT2D eigenvalue weighted by atomic mass is 10.2. The average molecular weight is 504 g/mol. The van der Waals surface area contributed by atoms with Crippen molar-refractivity contribution in [2.45, 2.75) is 44.0 Å². The Balaban J connectivity index is 1.67. The molecule has 0 spiro atoms. The Morgan fingerprint density at radius 1 is 1.03 bits per heavy atom. The Morgan fingerprint density at radius 2 is 1.71 bits per heavy atom. The van der Waals surface area contributed by atoms with Crippen LogP contribution in [-0.2, 0) is 16.6 Å². The third kappa shape index (κ3) is 4.75. The van der Waals surface area contributed by atoms with Gasteiger partial charge in [-0.25, -0.2) is 8.42 Å². The minimum Gasteiger partial charge on any atom is -0.497 e. The van der Waals surface area contributed by atoms with Crippen LogP contribution in [0.25, 0.3) is 10.2 Å². The smallest absolute Gasteiger partial charge is 0.279 e. The molecule has 1 aromatic heterocycles. The number of hydrogen-bond acceptors (Lipinski definition) is 6. The van der Waals surface area contributed by atoms with Gasteiger partial charge in [0.05, 0.1) is 23.8 Å². The molecule has 182 valence electrons. The monoisotopic (exact) mass is 503 g/mol. The first-order chi connectivity index (χ1) is 16.4. The number of ether oxygens (including phenoxy) is 2. The highest BCUT2D eigenvalue weighted by molar-refractivity contribution is 7.89. The van der Waals surface area contributed by atoms with Gasteiger partial charge in [-0.3, -0.25) is 4.79 Å². The van der Waals surface area contributed by atoms with Gasteiger partial charge in [0.1, 0.15) is 17.0 Å². The number of sulfonamides is 1. The highest BCUT2D eigenvalue weighted by Gasteiger charge is 2.25. The lowest BCUT2D eigenvalue weighted by Crippen LogP contribution is -2.31. The maximum atomic E-state index is 13.0. The molecule has 0 atom stereocenters. The van der Waals surface area contributed by atoms with Crippen LogP contribution in [0.5, 0.6) is 11.5 Å². The molecule has 0 aliphatic carbocycles. The van der Waals surface area contributed by atoms with Gasteiger partial charge in [0.25, 0.3) is 5.91 Å². The number of rotatable bonds is 6. The SMILES string of the molecule is CCn1c(=NC(=O)c2ccc(S(=O)(=O)N3CCCCCC3)cc2)sc2cc(OC)cc(OC)c21. The van der Waals surface area contributed by atoms with Crippen LogP contribution >= 0.6 is 11.3 Å². The molecule has 2 heterocycles. The maximum absolute atomic E-state index is 13.0. The lowest BCUT2D eigenvalue weighted by molar-refractivity contribution is 0.0997. The number of aryl methyl sites for hydroxylation is 1. The van der Waals surface area contributed by atoms with Gasteiger partial charge in [-0.05, 0) is 50.1 Å². The Labute approximate surface area is 203 Å². The van der Waals surface area contributed by atoms with Crippen LogP contribution in [0, 0.1) is 0 Å². The number of fused-ring (bicyclic) bond motifs is 1. The molecular formula is C24H29N3O5S2. The number of amides is 1. The summed E-state index contributed by atoms with van der Waals surface area (Å²) in [7, 11) is -0.382. The van der Waals surface area contributed by atoms with E-state index in [0.29, 0.717) is 41.5 Å². The Morgan fingerprint density at radius 3 is 2.29 bits per heavy atom. The molecule has 0 N–H and O–H groups in total. The van der Waals surface area contributed by atoms with Crippen molar-refractivity contribution in [3.63, 3.8) is 0 Å². The van der Waals surface area contributed by atoms with Crippen LogP contribution in [0.3, 0.4) is 0 Å². The first-order valence-electron chi connectivity index (χ1n) is 11.3. The molecule has 1 fully saturated rings. The third-order valence-corrected chi connectivity index (χ3v) is 8.93. The number of carbonyl (C=O) groups excluding carboxylic acids is 1. The predicted octanol–water partition coefficient (Wildman–Crippen LogP) is 4.05. The van der Waals surface area contributed by atoms with Gasteiger partial charge < -0.3 is 14.0 Å². The first kappa shape index (κ1) is 24.4. The van der Waals surface area contributed by atoms with Crippen molar-refractivity contribution in [2.24, 2.45) is 4.99 Å². The molecule has 1 aliphatic heterocycles. The van der Waals surface area contributed by atoms with Gasteiger partial charge >= 0.3 is 0 Å². The summed E-state index contributed by atoms with van der Waals surface area (Å²) in [6.07, 6.45) is 3.85. The first-order valence-corrected chi connectivity index (χ1v) is 13.6. The van der Waals surface area contributed by atoms with Crippen LogP contribution in [0.1, 0.15) is 43.0 Å². The Bertz CT molecular complexity index is 1350. The second kappa shape index (κ2) is 10.3. The lowest BCUT2D eigenvalue weighted by Gasteiger charge is -2.19. The molecule has 0 unspecified atom stereocenters. The largest absolute Gasteiger partial charge is 0.497 e. The molecule has 1 amide bonds. The van der Waals surface area contributed by atoms with Crippen molar-refractivity contribution in [3.05, 3.63) is 46.8 Å². The fourth-order valence-corrected chi connectivity index (χ4v) is 6.81. The molecule has 1 saturated heterocycles. The van der Waals surface area contributed by atoms with E-state index in [1.54, 1.807) is 24.6 Å². The van der Waals surface area contributed by atoms with Crippen LogP contribution in [-0.4, -0.2) is 50.5 Å². The van der Waals surface area contributed by atoms with E-state index < -0.39 is 15.9 Å². The summed E-state index contributed by atoms with van der Waals surface area (Å²) < 4.78 is 41.3. The van der Waals surface area contributed by atoms with Crippen molar-refractivity contribution in [1.29, 1.82) is 0 Å². The molecule has 34 heavy (non-hydrogen) atoms. The highest BCUT2D eigenvalue weighted by atomic mass is 32.2. The van der Waals surface area contributed by atoms with Crippen LogP contribution in [0.2, 0.25) is 0 Å². The van der Waals surface area contributed by atoms with Crippen molar-refractivity contribution in [2.75, 3.05) is 27.3 Å². The summed E-state index contributed by atoms with van der Waals surface area (Å²) >= 11 is 1.37. The quantitative estimate of drug-likeness (QED) is 0.506. The van der Waals surface area contributed by atoms with Crippen LogP contribution in [0.4, 0.5) is 0 Å². The summed E-state index contributed by atoms with van der Waals surface area (Å²) in [4.78, 5) is 18.0. The van der Waals surface area contributed by atoms with Gasteiger partial charge in [0, 0.05) is 31.3 Å². The summed E-state index contributed by atoms with van der Waals surface area (Å²) in [5.74, 6) is 0.871. The van der Waals surface area contributed by atoms with E-state index in [1.807, 2.05) is 17.6 Å². The molecule has 0 saturated carbocycles. The zero-order chi connectivity index (χ0) is 24.3. The Hall–Kier alpha value is -2.69. The minimum absolute atomic E-state index is 0.202. The molecular weight excluding hydrogens is 474 g/mol. The van der Waals surface area contributed by atoms with Crippen molar-refractivity contribution >= 4 is 37.5 Å². The van der Waals surface area contributed by atoms with Gasteiger partial charge in [0.15, 0.2) is 4.80 Å². The van der Waals surface area contributed by atoms with Crippen molar-refractivity contribution < 1.29 is 22.7 Å². The van der Waals surface area contributed by atoms with E-state index in [-0.39, 0.29) is 4.90 Å². The van der Waals surface area contributed by atoms with Crippen LogP contribution in [0.15, 0.2) is 46.3 Å². The summed E-state index contributed by atoms with van der Waals surface area (Å²) in [6, 6.07) is 9.75. The van der Waals surface area contributed by atoms with E-state index >= 15 is 0 Å². The number of carbonyl (C=O) groups is 1. The molecule has 2 aromatic carbocycles. The number of thiazole rings is 1. The molecule has 3 aromatic rings. The normalized spacial score (nSPS) is 15.9. The van der Waals surface area contributed by atoms with Crippen molar-refractivity contribution in [1.82, 2.24) is 8.87 Å². The van der Waals surface area contributed by atoms with Crippen LogP contribution < -0.4 is 14.3 Å². The third-order valence-electron chi connectivity index (χ3n) is 5.99. The fourth-order valence-electron chi connectivity index (χ4n) is 4.15. The van der Waals surface area contributed by atoms with Gasteiger partial charge in [-0.1, -0.05) is 24.2 Å². The maximum Gasteiger partial charge on any atom is 0.279 e. The number of hydrogen-bond donors (Lipinski definition) is 0. The zero-order valence-electron chi connectivity index (χ0n) is 19.6. The summed E-state index contributed by atoms with van der Waals surface area (Å²) in [6.45, 7) is 3.65. The zero-order valence-corrected chi connectivity index (χ0v) is 21.2. The van der Waals surface area contributed by atoms with Gasteiger partial charge in [-0.2, -0.15) is 9.30 Å². The highest BCUT2D eigenvalue weighted by Crippen LogP contribution is 2.32. The fraction of sp³-hybridized carbons (Fsp3) is 0.417. The number of methoxy groups -OCH3 is 2. The minimum atomic E-state index is -3.57. The number of nitrogens with zero attached hydrogens (tertiary/aromatic N) is 3. The summed E-state index contributed by atoms with van der Waals surface area (Å²) in [5, 5.41) is 0. The number of benzene rings is 2. The second-order valence-corrected chi connectivity index (χ2v) is 11.0. The molecule has 0 radical (unpaired) electrons. The second-order valence-electron chi connectivity index (χ2n) is 8.06. The molecule has 4 rings (SSSR count). The number of aromatic nitrogens is 1. The van der Waals surface area contributed by atoms with Gasteiger partial charge in [0.2, 0.25) is 10.0 Å². The standard InChI is InChI=1S/C24H29N3O5S2/c1-4-27-22-20(32-3)15-18(31-2)16-21(22)33-24(27)25-23(28)17-9-11-19(12-10-17)34(29,30)26-13-7-5-6-8-14-26/h9-12,15-16H,4-8,13-14H2,1-3H3. The van der Waals surface area contributed by atoms with E-state index in [2.05, 4.69) is 4.99 Å². The van der Waals surface area contributed by atoms with E-state index in [0.717, 1.165) is 35.9 Å². The van der Waals surface area contributed by atoms with Crippen molar-refractivity contribution in [3.8, 4) is 11.5 Å². The molecule has 8 nitrogen and oxygen atoms in total. The van der Waals surface area contributed by atoms with E-state index in [1.165, 1.54) is 35.6 Å². The van der Waals surface area contributed by atoms with Gasteiger partial charge in [-0.15, -0.1) is 0 Å². The Kier molecular flexibility index (Phi) is 7.39. The summed E-state index contributed by atoms with van der Waals surface area (Å²) in [5.41, 5.74) is 1.18. The van der Waals surface area contributed by atoms with E-state index in [9.17, 15) is 13.2 Å². The predicted molar refractivity (Wildman–Crippen MR) is 132 cm³/mol. The molecule has 10 heteroatoms. The molecule has 0 bridgehead atoms. The van der Waals surface area contributed by atoms with E-state index in [4.69, 9.17) is 9.47 Å².